The Labute approximate surface area is 259 Å². The maximum Gasteiger partial charge on any atom is 0.255 e. The molecule has 4 atom stereocenters. The number of carbonyl (C=O) groups is 4. The van der Waals surface area contributed by atoms with Gasteiger partial charge in [-0.1, -0.05) is 6.42 Å². The lowest BCUT2D eigenvalue weighted by Gasteiger charge is -2.55. The van der Waals surface area contributed by atoms with E-state index in [1.54, 1.807) is 19.0 Å². The Kier molecular flexibility index (Phi) is 8.21. The largest absolute Gasteiger partial charge is 0.508 e. The molecule has 15 nitrogen and oxygen atoms in total. The van der Waals surface area contributed by atoms with Gasteiger partial charge in [0.15, 0.2) is 11.5 Å². The highest BCUT2D eigenvalue weighted by Crippen LogP contribution is 2.56. The quantitative estimate of drug-likeness (QED) is 0.135. The number of amides is 2. The lowest BCUT2D eigenvalue weighted by molar-refractivity contribution is -0.202. The van der Waals surface area contributed by atoms with E-state index in [0.29, 0.717) is 11.3 Å². The van der Waals surface area contributed by atoms with Crippen molar-refractivity contribution in [3.63, 3.8) is 0 Å². The number of piperidine rings is 1. The van der Waals surface area contributed by atoms with Gasteiger partial charge in [-0.3, -0.25) is 24.1 Å². The molecule has 9 N–H and O–H groups in total. The summed E-state index contributed by atoms with van der Waals surface area (Å²) in [5, 5.41) is 62.4. The number of carbonyl (C=O) groups excluding carboxylic acids is 4. The van der Waals surface area contributed by atoms with Gasteiger partial charge in [0.2, 0.25) is 17.3 Å². The molecule has 0 spiro atoms. The van der Waals surface area contributed by atoms with Crippen molar-refractivity contribution < 1.29 is 44.7 Å². The Balaban J connectivity index is 1.61. The van der Waals surface area contributed by atoms with Crippen LogP contribution in [0.5, 0.6) is 5.75 Å². The van der Waals surface area contributed by atoms with Crippen LogP contribution in [0.2, 0.25) is 0 Å². The fourth-order valence-corrected chi connectivity index (χ4v) is 7.32. The molecule has 2 amide bonds. The number of aromatic hydroxyl groups is 1. The van der Waals surface area contributed by atoms with E-state index in [0.717, 1.165) is 32.4 Å². The molecule has 1 aromatic rings. The third kappa shape index (κ3) is 4.86. The number of nitrogens with one attached hydrogen (secondary N) is 2. The highest BCUT2D eigenvalue weighted by atomic mass is 16.4. The Morgan fingerprint density at radius 1 is 1.07 bits per heavy atom. The zero-order chi connectivity index (χ0) is 33.2. The minimum absolute atomic E-state index is 0.0356. The van der Waals surface area contributed by atoms with Crippen molar-refractivity contribution in [3.8, 4) is 5.75 Å². The first-order chi connectivity index (χ1) is 21.1. The predicted octanol–water partition coefficient (Wildman–Crippen LogP) is -0.926. The summed E-state index contributed by atoms with van der Waals surface area (Å²) in [6, 6.07) is -0.130. The molecule has 3 aliphatic carbocycles. The molecule has 0 radical (unpaired) electrons. The number of aliphatic hydroxyl groups excluding tert-OH is 2. The lowest BCUT2D eigenvalue weighted by Crippen LogP contribution is -2.76. The summed E-state index contributed by atoms with van der Waals surface area (Å²) in [5.41, 5.74) is 1.74. The molecular weight excluding hydrogens is 588 g/mol. The smallest absolute Gasteiger partial charge is 0.255 e. The second-order valence-electron chi connectivity index (χ2n) is 12.6. The number of phenolic OH excluding ortho intramolecular Hbond substituents is 1. The number of nitrogens with two attached hydrogens (primary N) is 1. The van der Waals surface area contributed by atoms with Gasteiger partial charge in [0.1, 0.15) is 28.7 Å². The van der Waals surface area contributed by atoms with E-state index in [1.807, 2.05) is 5.01 Å². The average Bonchev–Trinajstić information content (AvgIpc) is 2.95. The maximum absolute atomic E-state index is 14.1. The third-order valence-corrected chi connectivity index (χ3v) is 9.36. The predicted molar refractivity (Wildman–Crippen MR) is 162 cm³/mol. The van der Waals surface area contributed by atoms with Gasteiger partial charge in [-0.25, -0.2) is 10.4 Å². The monoisotopic (exact) mass is 628 g/mol. The van der Waals surface area contributed by atoms with Gasteiger partial charge < -0.3 is 41.5 Å². The van der Waals surface area contributed by atoms with Crippen LogP contribution in [0, 0.1) is 5.92 Å². The van der Waals surface area contributed by atoms with Crippen LogP contribution >= 0.6 is 0 Å². The Morgan fingerprint density at radius 3 is 2.29 bits per heavy atom. The SMILES string of the molecule is CN(C)c1cc(NC(=O)CNN2CCCCC2)c(O)c2c1CC1CC3(O)[C@@H](N(C)C)C(=O)C(C(N)=O)=C(O)[C@]3(O)C(=O)C1=C2O. The number of rotatable bonds is 7. The van der Waals surface area contributed by atoms with Gasteiger partial charge in [0, 0.05) is 38.4 Å². The average molecular weight is 629 g/mol. The summed E-state index contributed by atoms with van der Waals surface area (Å²) in [4.78, 5) is 55.4. The second-order valence-corrected chi connectivity index (χ2v) is 12.6. The first-order valence-corrected chi connectivity index (χ1v) is 14.8. The van der Waals surface area contributed by atoms with Crippen LogP contribution in [-0.4, -0.2) is 124 Å². The summed E-state index contributed by atoms with van der Waals surface area (Å²) in [7, 11) is 6.21. The zero-order valence-corrected chi connectivity index (χ0v) is 25.7. The molecule has 1 heterocycles. The van der Waals surface area contributed by atoms with Crippen molar-refractivity contribution in [1.82, 2.24) is 15.3 Å². The fraction of sp³-hybridized carbons (Fsp3) is 0.533. The zero-order valence-electron chi connectivity index (χ0n) is 25.7. The van der Waals surface area contributed by atoms with Crippen LogP contribution in [-0.2, 0) is 25.6 Å². The molecule has 5 rings (SSSR count). The van der Waals surface area contributed by atoms with Crippen molar-refractivity contribution in [2.24, 2.45) is 11.7 Å². The molecule has 2 unspecified atom stereocenters. The topological polar surface area (TPSA) is 229 Å². The number of ketones is 2. The second kappa shape index (κ2) is 11.4. The molecule has 1 saturated carbocycles. The van der Waals surface area contributed by atoms with E-state index < -0.39 is 81.4 Å². The Bertz CT molecular complexity index is 1550. The minimum Gasteiger partial charge on any atom is -0.508 e. The van der Waals surface area contributed by atoms with Crippen LogP contribution < -0.4 is 21.4 Å². The summed E-state index contributed by atoms with van der Waals surface area (Å²) in [6.07, 6.45) is 2.61. The first kappa shape index (κ1) is 32.4. The first-order valence-electron chi connectivity index (χ1n) is 14.8. The number of benzene rings is 1. The number of primary amides is 1. The maximum atomic E-state index is 14.1. The number of fused-ring (bicyclic) bond motifs is 3. The molecule has 2 fully saturated rings. The van der Waals surface area contributed by atoms with Crippen molar-refractivity contribution in [2.45, 2.75) is 49.3 Å². The molecule has 45 heavy (non-hydrogen) atoms. The molecule has 1 saturated heterocycles. The number of hydrogen-bond donors (Lipinski definition) is 8. The van der Waals surface area contributed by atoms with E-state index in [4.69, 9.17) is 5.73 Å². The summed E-state index contributed by atoms with van der Waals surface area (Å²) < 4.78 is 0. The van der Waals surface area contributed by atoms with Gasteiger partial charge in [-0.2, -0.15) is 0 Å². The van der Waals surface area contributed by atoms with E-state index in [2.05, 4.69) is 10.7 Å². The van der Waals surface area contributed by atoms with Crippen molar-refractivity contribution in [3.05, 3.63) is 34.1 Å². The van der Waals surface area contributed by atoms with Gasteiger partial charge in [-0.15, -0.1) is 0 Å². The van der Waals surface area contributed by atoms with Crippen molar-refractivity contribution in [2.75, 3.05) is 58.0 Å². The lowest BCUT2D eigenvalue weighted by atomic mass is 9.55. The number of anilines is 2. The molecular formula is C30H40N6O9. The molecule has 1 aliphatic heterocycles. The fourth-order valence-electron chi connectivity index (χ4n) is 7.32. The third-order valence-electron chi connectivity index (χ3n) is 9.36. The van der Waals surface area contributed by atoms with Crippen LogP contribution in [0.25, 0.3) is 5.76 Å². The number of Topliss-reactive ketones (excluding diaryl/α,β-unsaturated/α-hetero) is 2. The summed E-state index contributed by atoms with van der Waals surface area (Å²) in [5.74, 6) is -7.97. The van der Waals surface area contributed by atoms with Gasteiger partial charge in [0.05, 0.1) is 17.8 Å². The number of hydrogen-bond acceptors (Lipinski definition) is 13. The molecule has 0 aromatic heterocycles. The Morgan fingerprint density at radius 2 is 1.71 bits per heavy atom. The standard InChI is InChI=1S/C30H40N6O9/c1-34(2)17-11-16(33-18(37)13-32-36-8-6-5-7-9-36)22(38)20-15(17)10-14-12-29(44)25(35(3)4)24(40)21(28(31)43)27(42)30(29,45)26(41)19(14)23(20)39/h11,14,25,32,38-39,42,44-45H,5-10,12-13H2,1-4H3,(H2,31,43)(H,33,37)/t14?,25-,29?,30+/m0/s1. The number of likely N-dealkylation sites (N-methyl/N-ethyl adjacent to an activating group) is 1. The molecule has 0 bridgehead atoms. The molecule has 15 heteroatoms. The van der Waals surface area contributed by atoms with Gasteiger partial charge >= 0.3 is 0 Å². The molecule has 1 aromatic carbocycles. The van der Waals surface area contributed by atoms with E-state index in [-0.39, 0.29) is 24.2 Å². The number of hydrazine groups is 1. The highest BCUT2D eigenvalue weighted by Gasteiger charge is 2.72. The van der Waals surface area contributed by atoms with Gasteiger partial charge in [-0.05, 0) is 57.3 Å². The van der Waals surface area contributed by atoms with Gasteiger partial charge in [0.25, 0.3) is 5.91 Å². The van der Waals surface area contributed by atoms with Crippen LogP contribution in [0.1, 0.15) is 36.8 Å². The number of aliphatic hydroxyl groups is 4. The number of phenols is 1. The Hall–Kier alpha value is -4.02. The molecule has 244 valence electrons. The van der Waals surface area contributed by atoms with E-state index in [9.17, 15) is 44.7 Å². The summed E-state index contributed by atoms with van der Waals surface area (Å²) in [6.45, 7) is 1.53. The van der Waals surface area contributed by atoms with Crippen molar-refractivity contribution in [1.29, 1.82) is 0 Å². The number of nitrogens with zero attached hydrogens (tertiary/aromatic N) is 3. The van der Waals surface area contributed by atoms with Crippen LogP contribution in [0.3, 0.4) is 0 Å². The molecule has 4 aliphatic rings. The normalized spacial score (nSPS) is 28.5. The highest BCUT2D eigenvalue weighted by molar-refractivity contribution is 6.25. The van der Waals surface area contributed by atoms with Crippen LogP contribution in [0.15, 0.2) is 23.0 Å². The van der Waals surface area contributed by atoms with Crippen LogP contribution in [0.4, 0.5) is 11.4 Å². The van der Waals surface area contributed by atoms with E-state index in [1.165, 1.54) is 25.1 Å². The summed E-state index contributed by atoms with van der Waals surface area (Å²) >= 11 is 0. The van der Waals surface area contributed by atoms with Crippen molar-refractivity contribution >= 4 is 40.5 Å². The van der Waals surface area contributed by atoms with E-state index >= 15 is 0 Å². The minimum atomic E-state index is -3.23.